The minimum absolute atomic E-state index is 0.174. The average Bonchev–Trinajstić information content (AvgIpc) is 2.89. The van der Waals surface area contributed by atoms with E-state index in [9.17, 15) is 4.79 Å². The first kappa shape index (κ1) is 11.1. The second-order valence-corrected chi connectivity index (χ2v) is 4.68. The van der Waals surface area contributed by atoms with Gasteiger partial charge in [-0.15, -0.1) is 5.10 Å². The van der Waals surface area contributed by atoms with Crippen molar-refractivity contribution in [3.63, 3.8) is 0 Å². The fourth-order valence-corrected chi connectivity index (χ4v) is 2.01. The van der Waals surface area contributed by atoms with Crippen LogP contribution in [0.2, 0.25) is 0 Å². The number of rotatable bonds is 5. The fourth-order valence-electron chi connectivity index (χ4n) is 2.01. The summed E-state index contributed by atoms with van der Waals surface area (Å²) in [7, 11) is 0. The molecule has 0 saturated heterocycles. The molecule has 0 spiro atoms. The van der Waals surface area contributed by atoms with Gasteiger partial charge in [-0.3, -0.25) is 9.89 Å². The standard InChI is InChI=1S/C11H18N4O/c1-3-4-11(5-6-11)7-12-10(16)9-13-8(2)14-15-9/h3-7H2,1-2H3,(H,12,16)(H,13,14,15). The lowest BCUT2D eigenvalue weighted by Gasteiger charge is -2.13. The van der Waals surface area contributed by atoms with Gasteiger partial charge in [0.25, 0.3) is 5.91 Å². The minimum Gasteiger partial charge on any atom is -0.349 e. The number of H-pyrrole nitrogens is 1. The topological polar surface area (TPSA) is 70.7 Å². The van der Waals surface area contributed by atoms with Crippen LogP contribution in [0.4, 0.5) is 0 Å². The SMILES string of the molecule is CCCC1(CNC(=O)c2n[nH]c(C)n2)CC1. The van der Waals surface area contributed by atoms with Crippen molar-refractivity contribution in [1.82, 2.24) is 20.5 Å². The molecule has 0 bridgehead atoms. The minimum atomic E-state index is -0.174. The lowest BCUT2D eigenvalue weighted by molar-refractivity contribution is 0.0933. The molecule has 1 amide bonds. The number of carbonyl (C=O) groups is 1. The van der Waals surface area contributed by atoms with Gasteiger partial charge in [-0.2, -0.15) is 0 Å². The summed E-state index contributed by atoms with van der Waals surface area (Å²) in [5.41, 5.74) is 0.371. The maximum Gasteiger partial charge on any atom is 0.290 e. The summed E-state index contributed by atoms with van der Waals surface area (Å²) >= 11 is 0. The average molecular weight is 222 g/mol. The molecule has 1 fully saturated rings. The molecule has 88 valence electrons. The predicted octanol–water partition coefficient (Wildman–Crippen LogP) is 1.42. The number of aryl methyl sites for hydroxylation is 1. The molecule has 5 heteroatoms. The van der Waals surface area contributed by atoms with E-state index in [1.165, 1.54) is 25.7 Å². The number of aromatic amines is 1. The molecular weight excluding hydrogens is 204 g/mol. The van der Waals surface area contributed by atoms with E-state index < -0.39 is 0 Å². The third-order valence-electron chi connectivity index (χ3n) is 3.16. The first-order valence-corrected chi connectivity index (χ1v) is 5.82. The summed E-state index contributed by atoms with van der Waals surface area (Å²) in [5, 5.41) is 9.42. The van der Waals surface area contributed by atoms with Gasteiger partial charge in [0.15, 0.2) is 0 Å². The second-order valence-electron chi connectivity index (χ2n) is 4.68. The van der Waals surface area contributed by atoms with E-state index in [4.69, 9.17) is 0 Å². The summed E-state index contributed by atoms with van der Waals surface area (Å²) in [6.45, 7) is 4.72. The molecule has 0 atom stereocenters. The lowest BCUT2D eigenvalue weighted by atomic mass is 10.0. The molecule has 1 aliphatic carbocycles. The number of carbonyl (C=O) groups excluding carboxylic acids is 1. The third-order valence-corrected chi connectivity index (χ3v) is 3.16. The monoisotopic (exact) mass is 222 g/mol. The Balaban J connectivity index is 1.84. The third kappa shape index (κ3) is 2.40. The van der Waals surface area contributed by atoms with E-state index in [2.05, 4.69) is 27.4 Å². The van der Waals surface area contributed by atoms with Crippen molar-refractivity contribution >= 4 is 5.91 Å². The molecule has 1 saturated carbocycles. The Morgan fingerprint density at radius 1 is 1.56 bits per heavy atom. The predicted molar refractivity (Wildman–Crippen MR) is 60.0 cm³/mol. The fraction of sp³-hybridized carbons (Fsp3) is 0.727. The van der Waals surface area contributed by atoms with E-state index in [-0.39, 0.29) is 11.7 Å². The molecule has 1 heterocycles. The normalized spacial score (nSPS) is 17.1. The number of hydrogen-bond acceptors (Lipinski definition) is 3. The van der Waals surface area contributed by atoms with Crippen LogP contribution >= 0.6 is 0 Å². The molecule has 1 aliphatic rings. The molecule has 16 heavy (non-hydrogen) atoms. The van der Waals surface area contributed by atoms with Gasteiger partial charge in [0.2, 0.25) is 5.82 Å². The Morgan fingerprint density at radius 3 is 2.81 bits per heavy atom. The van der Waals surface area contributed by atoms with Crippen LogP contribution in [0.1, 0.15) is 49.1 Å². The van der Waals surface area contributed by atoms with Crippen LogP contribution < -0.4 is 5.32 Å². The van der Waals surface area contributed by atoms with Crippen molar-refractivity contribution < 1.29 is 4.79 Å². The molecule has 2 N–H and O–H groups in total. The lowest BCUT2D eigenvalue weighted by Crippen LogP contribution is -2.31. The molecule has 5 nitrogen and oxygen atoms in total. The van der Waals surface area contributed by atoms with E-state index in [0.717, 1.165) is 6.54 Å². The number of aromatic nitrogens is 3. The molecule has 2 rings (SSSR count). The summed E-state index contributed by atoms with van der Waals surface area (Å²) in [6, 6.07) is 0. The van der Waals surface area contributed by atoms with Crippen LogP contribution in [0, 0.1) is 12.3 Å². The Labute approximate surface area is 95.0 Å². The van der Waals surface area contributed by atoms with Crippen LogP contribution in [0.25, 0.3) is 0 Å². The Morgan fingerprint density at radius 2 is 2.31 bits per heavy atom. The van der Waals surface area contributed by atoms with E-state index in [0.29, 0.717) is 11.2 Å². The van der Waals surface area contributed by atoms with Gasteiger partial charge in [0.05, 0.1) is 0 Å². The van der Waals surface area contributed by atoms with E-state index >= 15 is 0 Å². The van der Waals surface area contributed by atoms with Crippen molar-refractivity contribution in [2.75, 3.05) is 6.54 Å². The van der Waals surface area contributed by atoms with Crippen molar-refractivity contribution in [2.24, 2.45) is 5.41 Å². The number of nitrogens with one attached hydrogen (secondary N) is 2. The molecule has 0 aliphatic heterocycles. The van der Waals surface area contributed by atoms with Crippen molar-refractivity contribution in [3.8, 4) is 0 Å². The van der Waals surface area contributed by atoms with Crippen molar-refractivity contribution in [1.29, 1.82) is 0 Å². The van der Waals surface area contributed by atoms with Crippen molar-refractivity contribution in [2.45, 2.75) is 39.5 Å². The Bertz CT molecular complexity index is 381. The van der Waals surface area contributed by atoms with Gasteiger partial charge in [-0.05, 0) is 31.6 Å². The van der Waals surface area contributed by atoms with Gasteiger partial charge < -0.3 is 5.32 Å². The van der Waals surface area contributed by atoms with Gasteiger partial charge in [0.1, 0.15) is 5.82 Å². The zero-order valence-electron chi connectivity index (χ0n) is 9.84. The highest BCUT2D eigenvalue weighted by atomic mass is 16.2. The molecule has 1 aromatic rings. The largest absolute Gasteiger partial charge is 0.349 e. The second kappa shape index (κ2) is 4.23. The maximum atomic E-state index is 11.7. The van der Waals surface area contributed by atoms with Gasteiger partial charge in [-0.1, -0.05) is 13.3 Å². The molecule has 1 aromatic heterocycles. The molecule has 0 unspecified atom stereocenters. The quantitative estimate of drug-likeness (QED) is 0.791. The van der Waals surface area contributed by atoms with Gasteiger partial charge >= 0.3 is 0 Å². The number of nitrogens with zero attached hydrogens (tertiary/aromatic N) is 2. The zero-order chi connectivity index (χ0) is 11.6. The first-order chi connectivity index (χ1) is 7.65. The molecule has 0 radical (unpaired) electrons. The van der Waals surface area contributed by atoms with Crippen LogP contribution in [-0.4, -0.2) is 27.6 Å². The smallest absolute Gasteiger partial charge is 0.290 e. The van der Waals surface area contributed by atoms with Crippen molar-refractivity contribution in [3.05, 3.63) is 11.6 Å². The summed E-state index contributed by atoms with van der Waals surface area (Å²) < 4.78 is 0. The highest BCUT2D eigenvalue weighted by Crippen LogP contribution is 2.48. The maximum absolute atomic E-state index is 11.7. The summed E-state index contributed by atoms with van der Waals surface area (Å²) in [6.07, 6.45) is 4.83. The van der Waals surface area contributed by atoms with Gasteiger partial charge in [-0.25, -0.2) is 4.98 Å². The van der Waals surface area contributed by atoms with Crippen LogP contribution in [0.3, 0.4) is 0 Å². The van der Waals surface area contributed by atoms with Crippen LogP contribution in [0.15, 0.2) is 0 Å². The first-order valence-electron chi connectivity index (χ1n) is 5.82. The van der Waals surface area contributed by atoms with Crippen LogP contribution in [-0.2, 0) is 0 Å². The van der Waals surface area contributed by atoms with Crippen LogP contribution in [0.5, 0.6) is 0 Å². The Kier molecular flexibility index (Phi) is 2.94. The highest BCUT2D eigenvalue weighted by Gasteiger charge is 2.41. The van der Waals surface area contributed by atoms with Gasteiger partial charge in [0, 0.05) is 6.54 Å². The van der Waals surface area contributed by atoms with E-state index in [1.54, 1.807) is 6.92 Å². The summed E-state index contributed by atoms with van der Waals surface area (Å²) in [4.78, 5) is 15.7. The Hall–Kier alpha value is -1.39. The molecule has 0 aromatic carbocycles. The number of hydrogen-bond donors (Lipinski definition) is 2. The summed E-state index contributed by atoms with van der Waals surface area (Å²) in [5.74, 6) is 0.733. The van der Waals surface area contributed by atoms with E-state index in [1.807, 2.05) is 0 Å². The number of amides is 1. The highest BCUT2D eigenvalue weighted by molar-refractivity contribution is 5.90. The zero-order valence-corrected chi connectivity index (χ0v) is 9.84. The molecular formula is C11H18N4O.